The molecule has 0 saturated carbocycles. The summed E-state index contributed by atoms with van der Waals surface area (Å²) in [6, 6.07) is 14.9. The van der Waals surface area contributed by atoms with Gasteiger partial charge in [0.15, 0.2) is 5.78 Å². The summed E-state index contributed by atoms with van der Waals surface area (Å²) >= 11 is 0. The van der Waals surface area contributed by atoms with E-state index in [0.29, 0.717) is 42.8 Å². The number of rotatable bonds is 1. The Morgan fingerprint density at radius 1 is 1.18 bits per heavy atom. The fourth-order valence-corrected chi connectivity index (χ4v) is 4.29. The number of amides is 1. The predicted octanol–water partition coefficient (Wildman–Crippen LogP) is 3.79. The number of benzene rings is 2. The largest absolute Gasteiger partial charge is 0.484 e. The minimum atomic E-state index is -0.616. The molecular formula is C23H20N2O3. The van der Waals surface area contributed by atoms with Crippen molar-refractivity contribution >= 4 is 22.6 Å². The van der Waals surface area contributed by atoms with Crippen LogP contribution in [0.5, 0.6) is 5.75 Å². The standard InChI is InChI=1S/C23H20N2O3/c1-15-8-10-24-19-7-6-16(12-18(15)19)22(27)25-11-9-23(14-25)13-20(26)17-4-2-3-5-21(17)28-23/h2-8,10,12H,9,11,13-14H2,1H3. The second-order valence-electron chi connectivity index (χ2n) is 7.72. The summed E-state index contributed by atoms with van der Waals surface area (Å²) in [4.78, 5) is 31.9. The lowest BCUT2D eigenvalue weighted by Gasteiger charge is -2.34. The summed E-state index contributed by atoms with van der Waals surface area (Å²) < 4.78 is 6.23. The predicted molar refractivity (Wildman–Crippen MR) is 106 cm³/mol. The molecule has 1 unspecified atom stereocenters. The van der Waals surface area contributed by atoms with Crippen LogP contribution in [0.15, 0.2) is 54.7 Å². The maximum Gasteiger partial charge on any atom is 0.254 e. The zero-order valence-corrected chi connectivity index (χ0v) is 15.6. The summed E-state index contributed by atoms with van der Waals surface area (Å²) in [6.07, 6.45) is 2.75. The SMILES string of the molecule is Cc1ccnc2ccc(C(=O)N3CCC4(CC(=O)c5ccccc5O4)C3)cc12. The second kappa shape index (κ2) is 6.16. The van der Waals surface area contributed by atoms with E-state index in [-0.39, 0.29) is 11.7 Å². The number of aryl methyl sites for hydroxylation is 1. The third kappa shape index (κ3) is 2.66. The Labute approximate surface area is 162 Å². The van der Waals surface area contributed by atoms with Crippen LogP contribution in [-0.4, -0.2) is 40.3 Å². The molecule has 5 heteroatoms. The molecule has 5 nitrogen and oxygen atoms in total. The van der Waals surface area contributed by atoms with Crippen LogP contribution in [0, 0.1) is 6.92 Å². The summed E-state index contributed by atoms with van der Waals surface area (Å²) in [6.45, 7) is 3.02. The normalized spacial score (nSPS) is 21.0. The number of hydrogen-bond donors (Lipinski definition) is 0. The Morgan fingerprint density at radius 2 is 2.04 bits per heavy atom. The number of nitrogens with zero attached hydrogens (tertiary/aromatic N) is 2. The van der Waals surface area contributed by atoms with Gasteiger partial charge in [-0.25, -0.2) is 0 Å². The van der Waals surface area contributed by atoms with E-state index in [1.165, 1.54) is 0 Å². The van der Waals surface area contributed by atoms with Crippen LogP contribution in [0.2, 0.25) is 0 Å². The molecule has 140 valence electrons. The van der Waals surface area contributed by atoms with E-state index in [2.05, 4.69) is 4.98 Å². The molecule has 1 aromatic heterocycles. The number of likely N-dealkylation sites (tertiary alicyclic amines) is 1. The third-order valence-electron chi connectivity index (χ3n) is 5.81. The van der Waals surface area contributed by atoms with Crippen LogP contribution in [0.1, 0.15) is 39.1 Å². The Balaban J connectivity index is 1.41. The van der Waals surface area contributed by atoms with E-state index in [1.807, 2.05) is 49.4 Å². The fraction of sp³-hybridized carbons (Fsp3) is 0.261. The molecule has 1 atom stereocenters. The first-order valence-electron chi connectivity index (χ1n) is 9.51. The Hall–Kier alpha value is -3.21. The summed E-state index contributed by atoms with van der Waals surface area (Å²) in [5, 5.41) is 0.986. The number of Topliss-reactive ketones (excluding diaryl/α,β-unsaturated/α-hetero) is 1. The third-order valence-corrected chi connectivity index (χ3v) is 5.81. The van der Waals surface area contributed by atoms with Crippen molar-refractivity contribution in [3.63, 3.8) is 0 Å². The Kier molecular flexibility index (Phi) is 3.72. The van der Waals surface area contributed by atoms with Crippen molar-refractivity contribution in [2.45, 2.75) is 25.4 Å². The number of carbonyl (C=O) groups is 2. The van der Waals surface area contributed by atoms with Crippen LogP contribution in [0.3, 0.4) is 0 Å². The Bertz CT molecular complexity index is 1120. The Morgan fingerprint density at radius 3 is 2.93 bits per heavy atom. The van der Waals surface area contributed by atoms with Crippen molar-refractivity contribution in [2.24, 2.45) is 0 Å². The summed E-state index contributed by atoms with van der Waals surface area (Å²) in [5.74, 6) is 0.681. The molecule has 1 amide bonds. The molecule has 3 heterocycles. The molecule has 0 aliphatic carbocycles. The van der Waals surface area contributed by atoms with E-state index >= 15 is 0 Å². The summed E-state index contributed by atoms with van der Waals surface area (Å²) in [5.41, 5.74) is 2.64. The average Bonchev–Trinajstić information content (AvgIpc) is 3.10. The van der Waals surface area contributed by atoms with Crippen LogP contribution in [-0.2, 0) is 0 Å². The van der Waals surface area contributed by atoms with Gasteiger partial charge in [-0.3, -0.25) is 14.6 Å². The number of para-hydroxylation sites is 1. The van der Waals surface area contributed by atoms with E-state index in [1.54, 1.807) is 17.2 Å². The van der Waals surface area contributed by atoms with Gasteiger partial charge in [-0.1, -0.05) is 12.1 Å². The van der Waals surface area contributed by atoms with Gasteiger partial charge in [-0.2, -0.15) is 0 Å². The lowest BCUT2D eigenvalue weighted by Crippen LogP contribution is -2.45. The topological polar surface area (TPSA) is 59.5 Å². The monoisotopic (exact) mass is 372 g/mol. The molecule has 3 aromatic rings. The van der Waals surface area contributed by atoms with Gasteiger partial charge in [0.2, 0.25) is 0 Å². The molecule has 1 saturated heterocycles. The number of pyridine rings is 1. The van der Waals surface area contributed by atoms with Crippen molar-refractivity contribution in [2.75, 3.05) is 13.1 Å². The number of carbonyl (C=O) groups excluding carboxylic acids is 2. The van der Waals surface area contributed by atoms with Gasteiger partial charge >= 0.3 is 0 Å². The number of aromatic nitrogens is 1. The first kappa shape index (κ1) is 16.9. The number of ether oxygens (including phenoxy) is 1. The van der Waals surface area contributed by atoms with Gasteiger partial charge in [0.25, 0.3) is 5.91 Å². The molecule has 0 bridgehead atoms. The van der Waals surface area contributed by atoms with Crippen molar-refractivity contribution in [3.8, 4) is 5.75 Å². The molecule has 0 N–H and O–H groups in total. The van der Waals surface area contributed by atoms with Gasteiger partial charge < -0.3 is 9.64 Å². The highest BCUT2D eigenvalue weighted by atomic mass is 16.5. The van der Waals surface area contributed by atoms with Crippen LogP contribution >= 0.6 is 0 Å². The zero-order valence-electron chi connectivity index (χ0n) is 15.6. The summed E-state index contributed by atoms with van der Waals surface area (Å²) in [7, 11) is 0. The van der Waals surface area contributed by atoms with Gasteiger partial charge in [0, 0.05) is 30.1 Å². The lowest BCUT2D eigenvalue weighted by atomic mass is 9.89. The molecule has 1 spiro atoms. The minimum absolute atomic E-state index is 0.0306. The smallest absolute Gasteiger partial charge is 0.254 e. The maximum absolute atomic E-state index is 13.1. The fourth-order valence-electron chi connectivity index (χ4n) is 4.29. The molecular weight excluding hydrogens is 352 g/mol. The van der Waals surface area contributed by atoms with Gasteiger partial charge in [0.1, 0.15) is 11.4 Å². The quantitative estimate of drug-likeness (QED) is 0.652. The van der Waals surface area contributed by atoms with E-state index < -0.39 is 5.60 Å². The molecule has 2 aliphatic heterocycles. The molecule has 5 rings (SSSR count). The zero-order chi connectivity index (χ0) is 19.3. The van der Waals surface area contributed by atoms with Crippen LogP contribution < -0.4 is 4.74 Å². The lowest BCUT2D eigenvalue weighted by molar-refractivity contribution is 0.0428. The van der Waals surface area contributed by atoms with E-state index in [0.717, 1.165) is 16.5 Å². The minimum Gasteiger partial charge on any atom is -0.484 e. The highest BCUT2D eigenvalue weighted by molar-refractivity contribution is 6.01. The highest BCUT2D eigenvalue weighted by Crippen LogP contribution is 2.39. The van der Waals surface area contributed by atoms with E-state index in [4.69, 9.17) is 4.74 Å². The van der Waals surface area contributed by atoms with E-state index in [9.17, 15) is 9.59 Å². The molecule has 2 aliphatic rings. The average molecular weight is 372 g/mol. The van der Waals surface area contributed by atoms with Crippen molar-refractivity contribution in [3.05, 3.63) is 71.4 Å². The van der Waals surface area contributed by atoms with Crippen molar-refractivity contribution in [1.29, 1.82) is 0 Å². The first-order valence-corrected chi connectivity index (χ1v) is 9.51. The molecule has 1 fully saturated rings. The molecule has 2 aromatic carbocycles. The second-order valence-corrected chi connectivity index (χ2v) is 7.72. The highest BCUT2D eigenvalue weighted by Gasteiger charge is 2.47. The van der Waals surface area contributed by atoms with Gasteiger partial charge in [0.05, 0.1) is 24.0 Å². The van der Waals surface area contributed by atoms with Gasteiger partial charge in [-0.05, 0) is 48.9 Å². The maximum atomic E-state index is 13.1. The van der Waals surface area contributed by atoms with Crippen LogP contribution in [0.4, 0.5) is 0 Å². The molecule has 28 heavy (non-hydrogen) atoms. The van der Waals surface area contributed by atoms with Crippen molar-refractivity contribution < 1.29 is 14.3 Å². The number of ketones is 1. The molecule has 0 radical (unpaired) electrons. The first-order chi connectivity index (χ1) is 13.5. The van der Waals surface area contributed by atoms with Crippen LogP contribution in [0.25, 0.3) is 10.9 Å². The number of hydrogen-bond acceptors (Lipinski definition) is 4. The number of fused-ring (bicyclic) bond motifs is 2. The van der Waals surface area contributed by atoms with Crippen molar-refractivity contribution in [1.82, 2.24) is 9.88 Å². The van der Waals surface area contributed by atoms with Gasteiger partial charge in [-0.15, -0.1) is 0 Å².